The molecule has 0 saturated carbocycles. The second kappa shape index (κ2) is 6.15. The summed E-state index contributed by atoms with van der Waals surface area (Å²) in [5, 5.41) is 9.48. The molecular formula is C15H23N3O. The summed E-state index contributed by atoms with van der Waals surface area (Å²) in [6.07, 6.45) is 7.63. The predicted octanol–water partition coefficient (Wildman–Crippen LogP) is 2.43. The molecule has 1 heterocycles. The van der Waals surface area contributed by atoms with Gasteiger partial charge in [-0.2, -0.15) is 0 Å². The van der Waals surface area contributed by atoms with Crippen LogP contribution in [0.4, 0.5) is 5.82 Å². The van der Waals surface area contributed by atoms with Crippen molar-refractivity contribution in [3.63, 3.8) is 0 Å². The highest BCUT2D eigenvalue weighted by atomic mass is 16.3. The second-order valence-corrected chi connectivity index (χ2v) is 5.39. The van der Waals surface area contributed by atoms with Crippen LogP contribution in [-0.2, 0) is 6.42 Å². The molecule has 3 N–H and O–H groups in total. The number of anilines is 1. The summed E-state index contributed by atoms with van der Waals surface area (Å²) < 4.78 is 0. The molecule has 104 valence electrons. The van der Waals surface area contributed by atoms with Crippen molar-refractivity contribution in [1.82, 2.24) is 9.97 Å². The van der Waals surface area contributed by atoms with Gasteiger partial charge in [-0.15, -0.1) is 0 Å². The summed E-state index contributed by atoms with van der Waals surface area (Å²) in [6, 6.07) is 0. The predicted molar refractivity (Wildman–Crippen MR) is 77.4 cm³/mol. The largest absolute Gasteiger partial charge is 0.396 e. The van der Waals surface area contributed by atoms with E-state index in [-0.39, 0.29) is 6.61 Å². The molecule has 2 atom stereocenters. The van der Waals surface area contributed by atoms with E-state index < -0.39 is 0 Å². The number of aliphatic hydroxyl groups is 1. The minimum absolute atomic E-state index is 0.265. The zero-order valence-corrected chi connectivity index (χ0v) is 11.8. The van der Waals surface area contributed by atoms with E-state index in [4.69, 9.17) is 5.73 Å². The number of rotatable bonds is 6. The molecule has 0 radical (unpaired) electrons. The van der Waals surface area contributed by atoms with Gasteiger partial charge in [0.15, 0.2) is 0 Å². The third-order valence-corrected chi connectivity index (χ3v) is 4.30. The average Bonchev–Trinajstić information content (AvgIpc) is 2.84. The minimum atomic E-state index is 0.265. The Labute approximate surface area is 114 Å². The number of fused-ring (bicyclic) bond motifs is 1. The number of hydrogen-bond acceptors (Lipinski definition) is 4. The topological polar surface area (TPSA) is 72.0 Å². The smallest absolute Gasteiger partial charge is 0.130 e. The first-order valence-corrected chi connectivity index (χ1v) is 7.07. The summed E-state index contributed by atoms with van der Waals surface area (Å²) in [5.41, 5.74) is 9.18. The van der Waals surface area contributed by atoms with Crippen molar-refractivity contribution in [2.75, 3.05) is 12.3 Å². The van der Waals surface area contributed by atoms with Gasteiger partial charge in [0.1, 0.15) is 12.1 Å². The van der Waals surface area contributed by atoms with Crippen LogP contribution in [0.3, 0.4) is 0 Å². The Morgan fingerprint density at radius 3 is 2.89 bits per heavy atom. The van der Waals surface area contributed by atoms with Crippen LogP contribution in [-0.4, -0.2) is 21.7 Å². The van der Waals surface area contributed by atoms with Crippen LogP contribution in [0.25, 0.3) is 5.57 Å². The van der Waals surface area contributed by atoms with E-state index >= 15 is 0 Å². The van der Waals surface area contributed by atoms with Crippen LogP contribution < -0.4 is 5.73 Å². The number of nitrogens with two attached hydrogens (primary N) is 1. The fourth-order valence-electron chi connectivity index (χ4n) is 2.68. The molecule has 0 aromatic carbocycles. The minimum Gasteiger partial charge on any atom is -0.396 e. The van der Waals surface area contributed by atoms with E-state index in [9.17, 15) is 5.11 Å². The maximum atomic E-state index is 9.48. The lowest BCUT2D eigenvalue weighted by molar-refractivity contribution is 0.172. The quantitative estimate of drug-likeness (QED) is 0.825. The van der Waals surface area contributed by atoms with Crippen molar-refractivity contribution >= 4 is 11.4 Å². The molecule has 4 nitrogen and oxygen atoms in total. The Balaban J connectivity index is 2.01. The molecule has 19 heavy (non-hydrogen) atoms. The zero-order chi connectivity index (χ0) is 13.8. The second-order valence-electron chi connectivity index (χ2n) is 5.39. The molecular weight excluding hydrogens is 238 g/mol. The van der Waals surface area contributed by atoms with Crippen molar-refractivity contribution in [2.24, 2.45) is 11.8 Å². The lowest BCUT2D eigenvalue weighted by Crippen LogP contribution is -2.15. The van der Waals surface area contributed by atoms with E-state index in [1.807, 2.05) is 0 Å². The molecule has 1 aliphatic carbocycles. The van der Waals surface area contributed by atoms with Gasteiger partial charge in [-0.25, -0.2) is 9.97 Å². The molecule has 4 heteroatoms. The first-order chi connectivity index (χ1) is 9.17. The van der Waals surface area contributed by atoms with Gasteiger partial charge in [-0.3, -0.25) is 0 Å². The van der Waals surface area contributed by atoms with Gasteiger partial charge < -0.3 is 10.8 Å². The number of nitrogens with zero attached hydrogens (tertiary/aromatic N) is 2. The number of hydrogen-bond donors (Lipinski definition) is 2. The van der Waals surface area contributed by atoms with E-state index in [2.05, 4.69) is 29.9 Å². The van der Waals surface area contributed by atoms with Gasteiger partial charge in [-0.05, 0) is 36.7 Å². The molecule has 0 spiro atoms. The molecule has 1 aromatic rings. The Bertz CT molecular complexity index is 470. The molecule has 0 unspecified atom stereocenters. The van der Waals surface area contributed by atoms with E-state index in [0.717, 1.165) is 36.9 Å². The Kier molecular flexibility index (Phi) is 4.53. The van der Waals surface area contributed by atoms with Gasteiger partial charge in [0.25, 0.3) is 0 Å². The van der Waals surface area contributed by atoms with Crippen LogP contribution in [0.1, 0.15) is 44.4 Å². The van der Waals surface area contributed by atoms with E-state index in [1.165, 1.54) is 11.9 Å². The summed E-state index contributed by atoms with van der Waals surface area (Å²) in [4.78, 5) is 8.38. The molecule has 2 rings (SSSR count). The highest BCUT2D eigenvalue weighted by Crippen LogP contribution is 2.33. The fraction of sp³-hybridized carbons (Fsp3) is 0.600. The van der Waals surface area contributed by atoms with E-state index in [0.29, 0.717) is 17.7 Å². The van der Waals surface area contributed by atoms with Crippen molar-refractivity contribution in [3.05, 3.63) is 23.7 Å². The van der Waals surface area contributed by atoms with Gasteiger partial charge in [-0.1, -0.05) is 26.3 Å². The monoisotopic (exact) mass is 261 g/mol. The highest BCUT2D eigenvalue weighted by Gasteiger charge is 2.21. The Morgan fingerprint density at radius 1 is 1.42 bits per heavy atom. The number of nitrogen functional groups attached to an aromatic ring is 1. The summed E-state index contributed by atoms with van der Waals surface area (Å²) >= 11 is 0. The van der Waals surface area contributed by atoms with Crippen LogP contribution >= 0.6 is 0 Å². The van der Waals surface area contributed by atoms with Crippen LogP contribution in [0.2, 0.25) is 0 Å². The summed E-state index contributed by atoms with van der Waals surface area (Å²) in [5.74, 6) is 1.52. The lowest BCUT2D eigenvalue weighted by atomic mass is 9.87. The maximum absolute atomic E-state index is 9.48. The number of allylic oxidation sites excluding steroid dienone is 2. The molecule has 0 aliphatic heterocycles. The lowest BCUT2D eigenvalue weighted by Gasteiger charge is -2.20. The molecule has 0 bridgehead atoms. The molecule has 1 aliphatic rings. The van der Waals surface area contributed by atoms with Crippen LogP contribution in [0, 0.1) is 11.8 Å². The standard InChI is InChI=1S/C15H23N3O/c1-3-10(2)12(8-19)5-4-11-6-7-13-14(11)17-9-18-15(13)16/h6,9-10,12,19H,3-5,7-8H2,1-2H3,(H2,16,17,18)/t10-,12+/m0/s1. The zero-order valence-electron chi connectivity index (χ0n) is 11.8. The SMILES string of the molecule is CC[C@H](C)[C@@H](CO)CCC1=CCc2c(N)ncnc21. The molecule has 1 aromatic heterocycles. The Morgan fingerprint density at radius 2 is 2.21 bits per heavy atom. The molecule has 0 fully saturated rings. The fourth-order valence-corrected chi connectivity index (χ4v) is 2.68. The molecule has 0 amide bonds. The third-order valence-electron chi connectivity index (χ3n) is 4.30. The van der Waals surface area contributed by atoms with Crippen molar-refractivity contribution < 1.29 is 5.11 Å². The third kappa shape index (κ3) is 2.95. The van der Waals surface area contributed by atoms with Crippen LogP contribution in [0.5, 0.6) is 0 Å². The number of aromatic nitrogens is 2. The van der Waals surface area contributed by atoms with Gasteiger partial charge in [0.05, 0.1) is 5.69 Å². The average molecular weight is 261 g/mol. The maximum Gasteiger partial charge on any atom is 0.130 e. The van der Waals surface area contributed by atoms with E-state index in [1.54, 1.807) is 0 Å². The molecule has 0 saturated heterocycles. The van der Waals surface area contributed by atoms with Gasteiger partial charge in [0, 0.05) is 12.2 Å². The van der Waals surface area contributed by atoms with Crippen molar-refractivity contribution in [2.45, 2.75) is 39.5 Å². The Hall–Kier alpha value is -1.42. The number of aliphatic hydroxyl groups excluding tert-OH is 1. The van der Waals surface area contributed by atoms with Gasteiger partial charge in [0.2, 0.25) is 0 Å². The summed E-state index contributed by atoms with van der Waals surface area (Å²) in [7, 11) is 0. The van der Waals surface area contributed by atoms with Crippen molar-refractivity contribution in [3.8, 4) is 0 Å². The normalized spacial score (nSPS) is 16.9. The first-order valence-electron chi connectivity index (χ1n) is 7.07. The highest BCUT2D eigenvalue weighted by molar-refractivity contribution is 5.73. The van der Waals surface area contributed by atoms with Crippen LogP contribution in [0.15, 0.2) is 12.4 Å². The first kappa shape index (κ1) is 14.0. The summed E-state index contributed by atoms with van der Waals surface area (Å²) in [6.45, 7) is 4.64. The van der Waals surface area contributed by atoms with Gasteiger partial charge >= 0.3 is 0 Å². The van der Waals surface area contributed by atoms with Crippen molar-refractivity contribution in [1.29, 1.82) is 0 Å².